The fraction of sp³-hybridized carbons (Fsp3) is 0.588. The molecule has 0 radical (unpaired) electrons. The number of rotatable bonds is 7. The molecule has 0 amide bonds. The molecule has 0 saturated heterocycles. The third-order valence-electron chi connectivity index (χ3n) is 3.94. The second kappa shape index (κ2) is 6.39. The summed E-state index contributed by atoms with van der Waals surface area (Å²) >= 11 is 0. The summed E-state index contributed by atoms with van der Waals surface area (Å²) in [5.41, 5.74) is 6.38. The molecule has 0 bridgehead atoms. The summed E-state index contributed by atoms with van der Waals surface area (Å²) < 4.78 is 0. The highest BCUT2D eigenvalue weighted by Gasteiger charge is 2.33. The Balaban J connectivity index is 2.01. The molecular weight excluding hydrogens is 246 g/mol. The second-order valence-corrected chi connectivity index (χ2v) is 6.32. The van der Waals surface area contributed by atoms with E-state index in [9.17, 15) is 5.26 Å². The van der Waals surface area contributed by atoms with Gasteiger partial charge in [-0.3, -0.25) is 0 Å². The summed E-state index contributed by atoms with van der Waals surface area (Å²) in [5.74, 6) is 0.654. The maximum Gasteiger partial charge on any atom is 0.131 e. The SMILES string of the molecule is CC(C)CN(CCC(N)(C#N)c1ccccc1)C1CC1. The van der Waals surface area contributed by atoms with Crippen LogP contribution in [0.4, 0.5) is 0 Å². The highest BCUT2D eigenvalue weighted by atomic mass is 15.2. The molecule has 1 saturated carbocycles. The van der Waals surface area contributed by atoms with Crippen molar-refractivity contribution in [2.24, 2.45) is 11.7 Å². The standard InChI is InChI=1S/C17H25N3/c1-14(2)12-20(16-8-9-16)11-10-17(19,13-18)15-6-4-3-5-7-15/h3-7,14,16H,8-12,19H2,1-2H3. The number of nitriles is 1. The van der Waals surface area contributed by atoms with Crippen molar-refractivity contribution in [3.05, 3.63) is 35.9 Å². The Morgan fingerprint density at radius 1 is 1.35 bits per heavy atom. The van der Waals surface area contributed by atoms with E-state index in [1.165, 1.54) is 12.8 Å². The van der Waals surface area contributed by atoms with Gasteiger partial charge in [-0.05, 0) is 30.7 Å². The van der Waals surface area contributed by atoms with Crippen LogP contribution in [-0.2, 0) is 5.54 Å². The molecule has 1 aromatic rings. The lowest BCUT2D eigenvalue weighted by atomic mass is 9.89. The lowest BCUT2D eigenvalue weighted by Crippen LogP contribution is -2.41. The molecule has 1 aliphatic carbocycles. The lowest BCUT2D eigenvalue weighted by Gasteiger charge is -2.29. The minimum atomic E-state index is -0.870. The molecule has 2 rings (SSSR count). The van der Waals surface area contributed by atoms with E-state index in [1.54, 1.807) is 0 Å². The summed E-state index contributed by atoms with van der Waals surface area (Å²) in [7, 11) is 0. The summed E-state index contributed by atoms with van der Waals surface area (Å²) in [6, 6.07) is 12.8. The van der Waals surface area contributed by atoms with Crippen molar-refractivity contribution in [2.45, 2.75) is 44.7 Å². The Labute approximate surface area is 122 Å². The van der Waals surface area contributed by atoms with E-state index in [4.69, 9.17) is 5.73 Å². The third kappa shape index (κ3) is 3.82. The van der Waals surface area contributed by atoms with E-state index in [2.05, 4.69) is 24.8 Å². The smallest absolute Gasteiger partial charge is 0.131 e. The summed E-state index contributed by atoms with van der Waals surface area (Å²) in [6.07, 6.45) is 3.28. The monoisotopic (exact) mass is 271 g/mol. The molecule has 3 nitrogen and oxygen atoms in total. The van der Waals surface area contributed by atoms with Gasteiger partial charge < -0.3 is 10.6 Å². The quantitative estimate of drug-likeness (QED) is 0.829. The zero-order valence-corrected chi connectivity index (χ0v) is 12.5. The van der Waals surface area contributed by atoms with Crippen molar-refractivity contribution < 1.29 is 0 Å². The molecule has 20 heavy (non-hydrogen) atoms. The van der Waals surface area contributed by atoms with Gasteiger partial charge >= 0.3 is 0 Å². The predicted octanol–water partition coefficient (Wildman–Crippen LogP) is 2.87. The fourth-order valence-corrected chi connectivity index (χ4v) is 2.65. The van der Waals surface area contributed by atoms with Crippen molar-refractivity contribution in [3.8, 4) is 6.07 Å². The Morgan fingerprint density at radius 2 is 2.00 bits per heavy atom. The Morgan fingerprint density at radius 3 is 2.50 bits per heavy atom. The van der Waals surface area contributed by atoms with Gasteiger partial charge in [0.1, 0.15) is 5.54 Å². The Kier molecular flexibility index (Phi) is 4.80. The van der Waals surface area contributed by atoms with Gasteiger partial charge in [-0.15, -0.1) is 0 Å². The molecule has 0 aromatic heterocycles. The van der Waals surface area contributed by atoms with Gasteiger partial charge in [-0.1, -0.05) is 44.2 Å². The first-order chi connectivity index (χ1) is 9.55. The van der Waals surface area contributed by atoms with Crippen LogP contribution in [0.3, 0.4) is 0 Å². The largest absolute Gasteiger partial charge is 0.310 e. The van der Waals surface area contributed by atoms with Crippen LogP contribution >= 0.6 is 0 Å². The van der Waals surface area contributed by atoms with E-state index in [1.807, 2.05) is 30.3 Å². The molecule has 0 spiro atoms. The van der Waals surface area contributed by atoms with Crippen molar-refractivity contribution in [3.63, 3.8) is 0 Å². The van der Waals surface area contributed by atoms with E-state index in [-0.39, 0.29) is 0 Å². The van der Waals surface area contributed by atoms with Gasteiger partial charge in [0.2, 0.25) is 0 Å². The van der Waals surface area contributed by atoms with Gasteiger partial charge in [0.15, 0.2) is 0 Å². The van der Waals surface area contributed by atoms with Crippen LogP contribution in [0.1, 0.15) is 38.7 Å². The first-order valence-electron chi connectivity index (χ1n) is 7.55. The molecule has 3 heteroatoms. The van der Waals surface area contributed by atoms with Gasteiger partial charge in [-0.2, -0.15) is 5.26 Å². The molecule has 1 aliphatic rings. The van der Waals surface area contributed by atoms with Crippen molar-refractivity contribution >= 4 is 0 Å². The van der Waals surface area contributed by atoms with Crippen LogP contribution in [-0.4, -0.2) is 24.0 Å². The highest BCUT2D eigenvalue weighted by molar-refractivity contribution is 5.30. The minimum absolute atomic E-state index is 0.654. The number of nitrogens with zero attached hydrogens (tertiary/aromatic N) is 2. The van der Waals surface area contributed by atoms with Crippen LogP contribution in [0.2, 0.25) is 0 Å². The molecule has 108 valence electrons. The van der Waals surface area contributed by atoms with Crippen LogP contribution in [0.25, 0.3) is 0 Å². The van der Waals surface area contributed by atoms with Gasteiger partial charge in [-0.25, -0.2) is 0 Å². The molecule has 2 N–H and O–H groups in total. The average Bonchev–Trinajstić information content (AvgIpc) is 3.28. The predicted molar refractivity (Wildman–Crippen MR) is 82.0 cm³/mol. The van der Waals surface area contributed by atoms with E-state index < -0.39 is 5.54 Å². The zero-order valence-electron chi connectivity index (χ0n) is 12.5. The van der Waals surface area contributed by atoms with Crippen molar-refractivity contribution in [1.29, 1.82) is 5.26 Å². The first-order valence-corrected chi connectivity index (χ1v) is 7.55. The van der Waals surface area contributed by atoms with E-state index >= 15 is 0 Å². The maximum absolute atomic E-state index is 9.49. The summed E-state index contributed by atoms with van der Waals surface area (Å²) in [5, 5.41) is 9.49. The average molecular weight is 271 g/mol. The third-order valence-corrected chi connectivity index (χ3v) is 3.94. The number of nitrogens with two attached hydrogens (primary N) is 1. The Bertz CT molecular complexity index is 459. The van der Waals surface area contributed by atoms with E-state index in [0.29, 0.717) is 12.3 Å². The lowest BCUT2D eigenvalue weighted by molar-refractivity contribution is 0.218. The minimum Gasteiger partial charge on any atom is -0.310 e. The van der Waals surface area contributed by atoms with Gasteiger partial charge in [0.05, 0.1) is 6.07 Å². The maximum atomic E-state index is 9.49. The number of hydrogen-bond acceptors (Lipinski definition) is 3. The van der Waals surface area contributed by atoms with Crippen LogP contribution in [0, 0.1) is 17.2 Å². The van der Waals surface area contributed by atoms with Crippen molar-refractivity contribution in [2.75, 3.05) is 13.1 Å². The second-order valence-electron chi connectivity index (χ2n) is 6.32. The van der Waals surface area contributed by atoms with Crippen LogP contribution < -0.4 is 5.73 Å². The summed E-state index contributed by atoms with van der Waals surface area (Å²) in [6.45, 7) is 6.49. The topological polar surface area (TPSA) is 53.0 Å². The first kappa shape index (κ1) is 15.0. The van der Waals surface area contributed by atoms with Crippen LogP contribution in [0.15, 0.2) is 30.3 Å². The molecule has 1 fully saturated rings. The fourth-order valence-electron chi connectivity index (χ4n) is 2.65. The molecule has 1 aromatic carbocycles. The molecule has 1 atom stereocenters. The van der Waals surface area contributed by atoms with Crippen LogP contribution in [0.5, 0.6) is 0 Å². The number of hydrogen-bond donors (Lipinski definition) is 1. The summed E-state index contributed by atoms with van der Waals surface area (Å²) in [4.78, 5) is 2.51. The van der Waals surface area contributed by atoms with Crippen molar-refractivity contribution in [1.82, 2.24) is 4.90 Å². The normalized spacial score (nSPS) is 18.0. The van der Waals surface area contributed by atoms with Gasteiger partial charge in [0, 0.05) is 19.1 Å². The van der Waals surface area contributed by atoms with E-state index in [0.717, 1.165) is 24.7 Å². The number of benzene rings is 1. The molecular formula is C17H25N3. The zero-order chi connectivity index (χ0) is 14.6. The molecule has 0 aliphatic heterocycles. The highest BCUT2D eigenvalue weighted by Crippen LogP contribution is 2.29. The molecule has 0 heterocycles. The Hall–Kier alpha value is -1.37. The van der Waals surface area contributed by atoms with Gasteiger partial charge in [0.25, 0.3) is 0 Å². The molecule has 1 unspecified atom stereocenters.